The third-order valence-corrected chi connectivity index (χ3v) is 4.84. The van der Waals surface area contributed by atoms with Gasteiger partial charge in [-0.1, -0.05) is 18.2 Å². The van der Waals surface area contributed by atoms with Gasteiger partial charge in [0.25, 0.3) is 10.0 Å². The third kappa shape index (κ3) is 4.00. The van der Waals surface area contributed by atoms with E-state index in [2.05, 4.69) is 15.3 Å². The monoisotopic (exact) mass is 380 g/mol. The number of hydrogen-bond acceptors (Lipinski definition) is 8. The first kappa shape index (κ1) is 17.9. The van der Waals surface area contributed by atoms with E-state index in [1.165, 1.54) is 26.4 Å². The largest absolute Gasteiger partial charge is 0.481 e. The number of carbonyl (C=O) groups excluding carboxylic acids is 1. The summed E-state index contributed by atoms with van der Waals surface area (Å²) in [4.78, 5) is 19.9. The highest BCUT2D eigenvalue weighted by Crippen LogP contribution is 2.34. The summed E-state index contributed by atoms with van der Waals surface area (Å²) in [6.45, 7) is 0.441. The van der Waals surface area contributed by atoms with Crippen LogP contribution in [0.3, 0.4) is 0 Å². The average molecular weight is 380 g/mol. The number of ether oxygens (including phenoxy) is 3. The maximum Gasteiger partial charge on any atom is 0.335 e. The summed E-state index contributed by atoms with van der Waals surface area (Å²) < 4.78 is 42.0. The minimum Gasteiger partial charge on any atom is -0.481 e. The number of sulfonamides is 1. The van der Waals surface area contributed by atoms with Crippen LogP contribution in [0.1, 0.15) is 11.7 Å². The van der Waals surface area contributed by atoms with E-state index in [1.54, 1.807) is 18.2 Å². The number of anilines is 1. The van der Waals surface area contributed by atoms with Gasteiger partial charge in [-0.3, -0.25) is 5.32 Å². The average Bonchev–Trinajstić information content (AvgIpc) is 3.45. The molecule has 2 amide bonds. The predicted octanol–water partition coefficient (Wildman–Crippen LogP) is 1.08. The number of hydrogen-bond donors (Lipinski definition) is 2. The first-order chi connectivity index (χ1) is 12.4. The Morgan fingerprint density at radius 2 is 1.81 bits per heavy atom. The van der Waals surface area contributed by atoms with Crippen LogP contribution < -0.4 is 19.5 Å². The predicted molar refractivity (Wildman–Crippen MR) is 89.6 cm³/mol. The molecule has 0 radical (unpaired) electrons. The molecule has 1 atom stereocenters. The van der Waals surface area contributed by atoms with E-state index in [1.807, 2.05) is 4.72 Å². The van der Waals surface area contributed by atoms with Gasteiger partial charge in [0.05, 0.1) is 31.8 Å². The molecule has 0 bridgehead atoms. The fourth-order valence-electron chi connectivity index (χ4n) is 2.19. The molecule has 1 aliphatic rings. The molecule has 0 aliphatic carbocycles. The highest BCUT2D eigenvalue weighted by molar-refractivity contribution is 7.90. The normalized spacial score (nSPS) is 15.8. The number of epoxide rings is 1. The van der Waals surface area contributed by atoms with E-state index in [4.69, 9.17) is 14.2 Å². The lowest BCUT2D eigenvalue weighted by molar-refractivity contribution is 0.256. The Kier molecular flexibility index (Phi) is 4.91. The van der Waals surface area contributed by atoms with Crippen LogP contribution in [-0.4, -0.2) is 45.2 Å². The highest BCUT2D eigenvalue weighted by Gasteiger charge is 2.32. The van der Waals surface area contributed by atoms with Crippen molar-refractivity contribution in [3.8, 4) is 11.8 Å². The smallest absolute Gasteiger partial charge is 0.335 e. The Labute approximate surface area is 149 Å². The maximum absolute atomic E-state index is 12.5. The molecule has 1 fully saturated rings. The van der Waals surface area contributed by atoms with Gasteiger partial charge >= 0.3 is 6.03 Å². The lowest BCUT2D eigenvalue weighted by Crippen LogP contribution is -2.35. The van der Waals surface area contributed by atoms with Gasteiger partial charge in [-0.15, -0.1) is 0 Å². The number of nitrogens with one attached hydrogen (secondary N) is 2. The highest BCUT2D eigenvalue weighted by atomic mass is 32.2. The molecule has 138 valence electrons. The van der Waals surface area contributed by atoms with E-state index in [0.717, 1.165) is 0 Å². The Balaban J connectivity index is 1.78. The fourth-order valence-corrected chi connectivity index (χ4v) is 3.36. The molecule has 1 aromatic carbocycles. The molecule has 0 spiro atoms. The van der Waals surface area contributed by atoms with Gasteiger partial charge in [0.1, 0.15) is 6.10 Å². The maximum atomic E-state index is 12.5. The van der Waals surface area contributed by atoms with Gasteiger partial charge in [0.15, 0.2) is 0 Å². The first-order valence-electron chi connectivity index (χ1n) is 7.44. The molecule has 1 aromatic heterocycles. The lowest BCUT2D eigenvalue weighted by atomic mass is 10.2. The summed E-state index contributed by atoms with van der Waals surface area (Å²) in [5, 5.41) is 2.24. The second kappa shape index (κ2) is 7.14. The molecule has 0 saturated carbocycles. The van der Waals surface area contributed by atoms with Gasteiger partial charge in [0.2, 0.25) is 17.7 Å². The zero-order valence-electron chi connectivity index (χ0n) is 13.9. The molecular formula is C15H16N4O6S. The first-order valence-corrected chi connectivity index (χ1v) is 8.92. The molecule has 2 aromatic rings. The van der Waals surface area contributed by atoms with Gasteiger partial charge in [-0.25, -0.2) is 17.9 Å². The van der Waals surface area contributed by atoms with E-state index < -0.39 is 16.1 Å². The van der Waals surface area contributed by atoms with Crippen LogP contribution in [-0.2, 0) is 14.8 Å². The van der Waals surface area contributed by atoms with Crippen molar-refractivity contribution in [2.45, 2.75) is 11.0 Å². The second-order valence-corrected chi connectivity index (χ2v) is 6.85. The number of nitrogens with zero attached hydrogens (tertiary/aromatic N) is 2. The van der Waals surface area contributed by atoms with Crippen LogP contribution in [0.4, 0.5) is 10.7 Å². The second-order valence-electron chi connectivity index (χ2n) is 5.20. The number of amides is 2. The van der Waals surface area contributed by atoms with E-state index >= 15 is 0 Å². The number of aromatic nitrogens is 2. The summed E-state index contributed by atoms with van der Waals surface area (Å²) in [6.07, 6.45) is -0.281. The number of methoxy groups -OCH3 is 2. The van der Waals surface area contributed by atoms with Crippen molar-refractivity contribution in [2.24, 2.45) is 0 Å². The summed E-state index contributed by atoms with van der Waals surface area (Å²) in [5.74, 6) is 0.116. The van der Waals surface area contributed by atoms with Gasteiger partial charge in [-0.2, -0.15) is 9.97 Å². The zero-order chi connectivity index (χ0) is 18.7. The number of benzene rings is 1. The Hall–Kier alpha value is -2.92. The standard InChI is InChI=1S/C15H16N4O6S/c1-23-12-7-13(24-2)17-14(16-12)18-15(20)19-26(21,22)11-6-4-3-5-9(11)10-8-25-10/h3-7,10H,8H2,1-2H3,(H2,16,17,18,19,20). The van der Waals surface area contributed by atoms with E-state index in [-0.39, 0.29) is 28.7 Å². The number of carbonyl (C=O) groups is 1. The molecular weight excluding hydrogens is 364 g/mol. The third-order valence-electron chi connectivity index (χ3n) is 3.44. The molecule has 1 saturated heterocycles. The molecule has 26 heavy (non-hydrogen) atoms. The summed E-state index contributed by atoms with van der Waals surface area (Å²) in [7, 11) is -1.34. The van der Waals surface area contributed by atoms with Crippen molar-refractivity contribution < 1.29 is 27.4 Å². The van der Waals surface area contributed by atoms with Crippen LogP contribution in [0.15, 0.2) is 35.2 Å². The van der Waals surface area contributed by atoms with Crippen molar-refractivity contribution >= 4 is 22.0 Å². The summed E-state index contributed by atoms with van der Waals surface area (Å²) in [6, 6.07) is 6.69. The topological polar surface area (TPSA) is 132 Å². The van der Waals surface area contributed by atoms with Crippen molar-refractivity contribution in [1.29, 1.82) is 0 Å². The molecule has 11 heteroatoms. The number of urea groups is 1. The summed E-state index contributed by atoms with van der Waals surface area (Å²) >= 11 is 0. The van der Waals surface area contributed by atoms with Crippen molar-refractivity contribution in [3.05, 3.63) is 35.9 Å². The minimum absolute atomic E-state index is 0.0261. The Bertz CT molecular complexity index is 907. The molecule has 1 unspecified atom stereocenters. The summed E-state index contributed by atoms with van der Waals surface area (Å²) in [5.41, 5.74) is 0.493. The van der Waals surface area contributed by atoms with Crippen LogP contribution in [0.2, 0.25) is 0 Å². The van der Waals surface area contributed by atoms with Crippen LogP contribution >= 0.6 is 0 Å². The Morgan fingerprint density at radius 3 is 2.38 bits per heavy atom. The fraction of sp³-hybridized carbons (Fsp3) is 0.267. The number of rotatable bonds is 6. The van der Waals surface area contributed by atoms with Crippen molar-refractivity contribution in [1.82, 2.24) is 14.7 Å². The quantitative estimate of drug-likeness (QED) is 0.712. The molecule has 10 nitrogen and oxygen atoms in total. The van der Waals surface area contributed by atoms with Gasteiger partial charge < -0.3 is 14.2 Å². The molecule has 2 N–H and O–H groups in total. The molecule has 3 rings (SSSR count). The van der Waals surface area contributed by atoms with Gasteiger partial charge in [0, 0.05) is 5.56 Å². The van der Waals surface area contributed by atoms with Gasteiger partial charge in [-0.05, 0) is 6.07 Å². The van der Waals surface area contributed by atoms with Crippen molar-refractivity contribution in [2.75, 3.05) is 26.1 Å². The minimum atomic E-state index is -4.11. The zero-order valence-corrected chi connectivity index (χ0v) is 14.7. The van der Waals surface area contributed by atoms with Crippen LogP contribution in [0.5, 0.6) is 11.8 Å². The van der Waals surface area contributed by atoms with E-state index in [9.17, 15) is 13.2 Å². The molecule has 2 heterocycles. The Morgan fingerprint density at radius 1 is 1.19 bits per heavy atom. The molecule has 1 aliphatic heterocycles. The SMILES string of the molecule is COc1cc(OC)nc(NC(=O)NS(=O)(=O)c2ccccc2C2CO2)n1. The lowest BCUT2D eigenvalue weighted by Gasteiger charge is -2.11. The van der Waals surface area contributed by atoms with Crippen LogP contribution in [0.25, 0.3) is 0 Å². The van der Waals surface area contributed by atoms with Crippen LogP contribution in [0, 0.1) is 0 Å². The van der Waals surface area contributed by atoms with Crippen molar-refractivity contribution in [3.63, 3.8) is 0 Å². The van der Waals surface area contributed by atoms with E-state index in [0.29, 0.717) is 12.2 Å².